The summed E-state index contributed by atoms with van der Waals surface area (Å²) >= 11 is 0. The molecule has 1 aromatic carbocycles. The predicted molar refractivity (Wildman–Crippen MR) is 111 cm³/mol. The van der Waals surface area contributed by atoms with E-state index in [9.17, 15) is 4.79 Å². The van der Waals surface area contributed by atoms with Crippen LogP contribution < -0.4 is 9.80 Å². The molecule has 148 valence electrons. The molecule has 2 saturated heterocycles. The van der Waals surface area contributed by atoms with Crippen LogP contribution in [0.4, 0.5) is 11.5 Å². The number of benzene rings is 1. The summed E-state index contributed by atoms with van der Waals surface area (Å²) in [6, 6.07) is 12.2. The van der Waals surface area contributed by atoms with Crippen LogP contribution in [0.1, 0.15) is 28.8 Å². The van der Waals surface area contributed by atoms with Crippen molar-refractivity contribution in [2.24, 2.45) is 0 Å². The van der Waals surface area contributed by atoms with Crippen molar-refractivity contribution in [3.05, 3.63) is 53.7 Å². The van der Waals surface area contributed by atoms with Crippen molar-refractivity contribution in [3.8, 4) is 0 Å². The van der Waals surface area contributed by atoms with Gasteiger partial charge in [0.2, 0.25) is 0 Å². The summed E-state index contributed by atoms with van der Waals surface area (Å²) in [7, 11) is 1.86. The van der Waals surface area contributed by atoms with Crippen LogP contribution in [0.2, 0.25) is 0 Å². The second-order valence-electron chi connectivity index (χ2n) is 7.50. The van der Waals surface area contributed by atoms with Gasteiger partial charge in [0.25, 0.3) is 5.91 Å². The summed E-state index contributed by atoms with van der Waals surface area (Å²) in [5.41, 5.74) is 3.03. The Labute approximate surface area is 166 Å². The lowest BCUT2D eigenvalue weighted by Gasteiger charge is -2.29. The normalized spacial score (nSPS) is 17.0. The molecule has 0 radical (unpaired) electrons. The lowest BCUT2D eigenvalue weighted by atomic mass is 10.1. The average Bonchev–Trinajstić information content (AvgIpc) is 3.29. The van der Waals surface area contributed by atoms with Gasteiger partial charge in [-0.3, -0.25) is 4.79 Å². The van der Waals surface area contributed by atoms with E-state index >= 15 is 0 Å². The fraction of sp³-hybridized carbons (Fsp3) is 0.455. The van der Waals surface area contributed by atoms with Crippen molar-refractivity contribution >= 4 is 17.4 Å². The van der Waals surface area contributed by atoms with Gasteiger partial charge in [0.15, 0.2) is 0 Å². The van der Waals surface area contributed by atoms with E-state index in [-0.39, 0.29) is 5.91 Å². The molecule has 0 aliphatic carbocycles. The van der Waals surface area contributed by atoms with Crippen LogP contribution >= 0.6 is 0 Å². The molecule has 2 aromatic rings. The van der Waals surface area contributed by atoms with Crippen molar-refractivity contribution in [3.63, 3.8) is 0 Å². The van der Waals surface area contributed by atoms with Crippen molar-refractivity contribution in [1.29, 1.82) is 0 Å². The molecule has 2 aliphatic rings. The lowest BCUT2D eigenvalue weighted by molar-refractivity contribution is 0.0785. The van der Waals surface area contributed by atoms with Gasteiger partial charge < -0.3 is 19.4 Å². The van der Waals surface area contributed by atoms with E-state index in [4.69, 9.17) is 4.74 Å². The van der Waals surface area contributed by atoms with E-state index < -0.39 is 0 Å². The Morgan fingerprint density at radius 2 is 1.75 bits per heavy atom. The number of pyridine rings is 1. The first-order valence-electron chi connectivity index (χ1n) is 10.1. The molecule has 0 spiro atoms. The van der Waals surface area contributed by atoms with Gasteiger partial charge in [-0.05, 0) is 42.7 Å². The minimum Gasteiger partial charge on any atom is -0.378 e. The van der Waals surface area contributed by atoms with E-state index in [2.05, 4.69) is 39.0 Å². The molecule has 1 amide bonds. The number of carbonyl (C=O) groups is 1. The van der Waals surface area contributed by atoms with Gasteiger partial charge in [-0.25, -0.2) is 4.98 Å². The van der Waals surface area contributed by atoms with E-state index in [1.807, 2.05) is 19.2 Å². The third kappa shape index (κ3) is 4.12. The Morgan fingerprint density at radius 1 is 1.04 bits per heavy atom. The maximum atomic E-state index is 13.1. The molecule has 0 bridgehead atoms. The Balaban J connectivity index is 1.43. The first kappa shape index (κ1) is 18.7. The number of nitrogens with zero attached hydrogens (tertiary/aromatic N) is 4. The third-order valence-electron chi connectivity index (χ3n) is 5.50. The monoisotopic (exact) mass is 380 g/mol. The van der Waals surface area contributed by atoms with Gasteiger partial charge in [-0.1, -0.05) is 12.1 Å². The fourth-order valence-electron chi connectivity index (χ4n) is 3.93. The number of amides is 1. The SMILES string of the molecule is CN(Cc1ccc(N2CCOCC2)cc1)C(=O)c1cccnc1N1CCCC1. The largest absolute Gasteiger partial charge is 0.378 e. The highest BCUT2D eigenvalue weighted by Crippen LogP contribution is 2.24. The van der Waals surface area contributed by atoms with Crippen LogP contribution in [-0.4, -0.2) is 62.2 Å². The molecule has 2 aliphatic heterocycles. The first-order valence-corrected chi connectivity index (χ1v) is 10.1. The quantitative estimate of drug-likeness (QED) is 0.798. The molecule has 3 heterocycles. The van der Waals surface area contributed by atoms with Crippen LogP contribution in [0.3, 0.4) is 0 Å². The number of hydrogen-bond acceptors (Lipinski definition) is 5. The summed E-state index contributed by atoms with van der Waals surface area (Å²) in [6.45, 7) is 5.95. The Kier molecular flexibility index (Phi) is 5.76. The Morgan fingerprint density at radius 3 is 2.46 bits per heavy atom. The molecular formula is C22H28N4O2. The topological polar surface area (TPSA) is 48.9 Å². The smallest absolute Gasteiger partial charge is 0.257 e. The number of aromatic nitrogens is 1. The van der Waals surface area contributed by atoms with Crippen LogP contribution in [0.5, 0.6) is 0 Å². The molecule has 1 aromatic heterocycles. The van der Waals surface area contributed by atoms with Gasteiger partial charge in [0.1, 0.15) is 5.82 Å². The summed E-state index contributed by atoms with van der Waals surface area (Å²) in [5, 5.41) is 0. The van der Waals surface area contributed by atoms with Crippen molar-refractivity contribution in [2.75, 3.05) is 56.2 Å². The zero-order chi connectivity index (χ0) is 19.3. The number of hydrogen-bond donors (Lipinski definition) is 0. The van der Waals surface area contributed by atoms with Gasteiger partial charge in [0.05, 0.1) is 18.8 Å². The van der Waals surface area contributed by atoms with E-state index in [1.165, 1.54) is 5.69 Å². The number of rotatable bonds is 5. The highest BCUT2D eigenvalue weighted by atomic mass is 16.5. The molecule has 0 atom stereocenters. The number of carbonyl (C=O) groups excluding carboxylic acids is 1. The minimum atomic E-state index is 0.0206. The molecule has 0 unspecified atom stereocenters. The molecule has 6 nitrogen and oxygen atoms in total. The Hall–Kier alpha value is -2.60. The van der Waals surface area contributed by atoms with Crippen LogP contribution in [0.15, 0.2) is 42.6 Å². The molecular weight excluding hydrogens is 352 g/mol. The van der Waals surface area contributed by atoms with E-state index in [0.717, 1.165) is 63.6 Å². The molecule has 28 heavy (non-hydrogen) atoms. The van der Waals surface area contributed by atoms with Gasteiger partial charge in [-0.15, -0.1) is 0 Å². The second kappa shape index (κ2) is 8.61. The highest BCUT2D eigenvalue weighted by molar-refractivity contribution is 5.98. The van der Waals surface area contributed by atoms with Gasteiger partial charge >= 0.3 is 0 Å². The first-order chi connectivity index (χ1) is 13.7. The predicted octanol–water partition coefficient (Wildman–Crippen LogP) is 2.79. The summed E-state index contributed by atoms with van der Waals surface area (Å²) in [6.07, 6.45) is 4.10. The number of ether oxygens (including phenoxy) is 1. The van der Waals surface area contributed by atoms with E-state index in [0.29, 0.717) is 12.1 Å². The van der Waals surface area contributed by atoms with Gasteiger partial charge in [-0.2, -0.15) is 0 Å². The van der Waals surface area contributed by atoms with E-state index in [1.54, 1.807) is 11.1 Å². The molecule has 0 N–H and O–H groups in total. The minimum absolute atomic E-state index is 0.0206. The maximum Gasteiger partial charge on any atom is 0.257 e. The zero-order valence-electron chi connectivity index (χ0n) is 16.5. The van der Waals surface area contributed by atoms with Crippen molar-refractivity contribution < 1.29 is 9.53 Å². The second-order valence-corrected chi connectivity index (χ2v) is 7.50. The summed E-state index contributed by atoms with van der Waals surface area (Å²) in [5.74, 6) is 0.840. The highest BCUT2D eigenvalue weighted by Gasteiger charge is 2.22. The molecule has 6 heteroatoms. The maximum absolute atomic E-state index is 13.1. The average molecular weight is 380 g/mol. The number of anilines is 2. The lowest BCUT2D eigenvalue weighted by Crippen LogP contribution is -2.36. The molecule has 4 rings (SSSR count). The zero-order valence-corrected chi connectivity index (χ0v) is 16.5. The summed E-state index contributed by atoms with van der Waals surface area (Å²) < 4.78 is 5.42. The van der Waals surface area contributed by atoms with Crippen LogP contribution in [0.25, 0.3) is 0 Å². The third-order valence-corrected chi connectivity index (χ3v) is 5.50. The molecule has 2 fully saturated rings. The van der Waals surface area contributed by atoms with Gasteiger partial charge in [0, 0.05) is 51.7 Å². The fourth-order valence-corrected chi connectivity index (χ4v) is 3.93. The summed E-state index contributed by atoms with van der Waals surface area (Å²) in [4.78, 5) is 23.9. The van der Waals surface area contributed by atoms with Crippen LogP contribution in [-0.2, 0) is 11.3 Å². The number of morpholine rings is 1. The van der Waals surface area contributed by atoms with Crippen molar-refractivity contribution in [2.45, 2.75) is 19.4 Å². The standard InChI is InChI=1S/C22H28N4O2/c1-24(17-18-6-8-19(9-7-18)25-13-15-28-16-14-25)22(27)20-5-4-10-23-21(20)26-11-2-3-12-26/h4-10H,2-3,11-17H2,1H3. The molecule has 0 saturated carbocycles. The van der Waals surface area contributed by atoms with Crippen molar-refractivity contribution in [1.82, 2.24) is 9.88 Å². The Bertz CT molecular complexity index is 796. The van der Waals surface area contributed by atoms with Crippen LogP contribution in [0, 0.1) is 0 Å².